The summed E-state index contributed by atoms with van der Waals surface area (Å²) in [6.45, 7) is 10.4. The molecule has 0 aliphatic rings. The van der Waals surface area contributed by atoms with Crippen LogP contribution in [0.3, 0.4) is 0 Å². The topological polar surface area (TPSA) is 58.5 Å². The van der Waals surface area contributed by atoms with E-state index in [4.69, 9.17) is 4.74 Å². The van der Waals surface area contributed by atoms with E-state index >= 15 is 0 Å². The Balaban J connectivity index is 0.00000441. The summed E-state index contributed by atoms with van der Waals surface area (Å²) in [5, 5.41) is 7.80. The third-order valence-corrected chi connectivity index (χ3v) is 3.79. The minimum atomic E-state index is 0. The second kappa shape index (κ2) is 14.2. The van der Waals surface area contributed by atoms with Gasteiger partial charge >= 0.3 is 0 Å². The van der Waals surface area contributed by atoms with Crippen molar-refractivity contribution < 1.29 is 4.74 Å². The molecule has 22 heavy (non-hydrogen) atoms. The first-order valence-corrected chi connectivity index (χ1v) is 8.59. The molecule has 0 saturated carbocycles. The van der Waals surface area contributed by atoms with Gasteiger partial charge in [-0.15, -0.1) is 35.3 Å². The molecule has 0 aliphatic heterocycles. The fraction of sp³-hybridized carbons (Fsp3) is 0.733. The Morgan fingerprint density at radius 3 is 2.77 bits per heavy atom. The van der Waals surface area contributed by atoms with Gasteiger partial charge in [-0.05, 0) is 33.6 Å². The van der Waals surface area contributed by atoms with E-state index in [-0.39, 0.29) is 24.0 Å². The van der Waals surface area contributed by atoms with E-state index in [2.05, 4.69) is 34.5 Å². The first-order chi connectivity index (χ1) is 10.3. The van der Waals surface area contributed by atoms with Crippen LogP contribution in [0.15, 0.2) is 11.2 Å². The summed E-state index contributed by atoms with van der Waals surface area (Å²) in [5.41, 5.74) is 0. The lowest BCUT2D eigenvalue weighted by atomic mass is 10.3. The summed E-state index contributed by atoms with van der Waals surface area (Å²) < 4.78 is 5.32. The van der Waals surface area contributed by atoms with Crippen molar-refractivity contribution >= 4 is 41.3 Å². The number of guanidine groups is 1. The number of nitrogens with zero attached hydrogens (tertiary/aromatic N) is 2. The van der Waals surface area contributed by atoms with Crippen molar-refractivity contribution in [2.24, 2.45) is 4.99 Å². The van der Waals surface area contributed by atoms with Crippen LogP contribution in [0, 0.1) is 6.92 Å². The number of halogens is 1. The fourth-order valence-electron chi connectivity index (χ4n) is 1.80. The molecule has 0 fully saturated rings. The van der Waals surface area contributed by atoms with Crippen LogP contribution in [0.4, 0.5) is 0 Å². The average Bonchev–Trinajstić information content (AvgIpc) is 2.88. The van der Waals surface area contributed by atoms with Crippen LogP contribution in [0.2, 0.25) is 0 Å². The summed E-state index contributed by atoms with van der Waals surface area (Å²) in [6.07, 6.45) is 4.99. The maximum Gasteiger partial charge on any atom is 0.191 e. The summed E-state index contributed by atoms with van der Waals surface area (Å²) in [4.78, 5) is 10.2. The van der Waals surface area contributed by atoms with Gasteiger partial charge in [-0.2, -0.15) is 0 Å². The molecule has 0 spiro atoms. The van der Waals surface area contributed by atoms with E-state index in [9.17, 15) is 0 Å². The highest BCUT2D eigenvalue weighted by Crippen LogP contribution is 2.10. The smallest absolute Gasteiger partial charge is 0.191 e. The predicted octanol–water partition coefficient (Wildman–Crippen LogP) is 2.98. The minimum Gasteiger partial charge on any atom is -0.382 e. The second-order valence-corrected chi connectivity index (χ2v) is 6.03. The van der Waals surface area contributed by atoms with Gasteiger partial charge in [-0.25, -0.2) is 4.98 Å². The third kappa shape index (κ3) is 10.3. The first kappa shape index (κ1) is 21.6. The van der Waals surface area contributed by atoms with Gasteiger partial charge in [-0.3, -0.25) is 4.99 Å². The quantitative estimate of drug-likeness (QED) is 0.254. The number of aliphatic imine (C=N–C) groups is 1. The highest BCUT2D eigenvalue weighted by Gasteiger charge is 2.00. The fourth-order valence-corrected chi connectivity index (χ4v) is 2.58. The highest BCUT2D eigenvalue weighted by atomic mass is 127. The van der Waals surface area contributed by atoms with Crippen LogP contribution < -0.4 is 10.6 Å². The SMILES string of the molecule is CCNC(=NCCCCOCC)NCCc1ncc(C)s1.I. The normalized spacial score (nSPS) is 11.1. The molecule has 0 amide bonds. The van der Waals surface area contributed by atoms with Gasteiger partial charge in [0, 0.05) is 50.3 Å². The van der Waals surface area contributed by atoms with Gasteiger partial charge in [0.1, 0.15) is 0 Å². The molecule has 1 heterocycles. The lowest BCUT2D eigenvalue weighted by Crippen LogP contribution is -2.38. The summed E-state index contributed by atoms with van der Waals surface area (Å²) in [7, 11) is 0. The van der Waals surface area contributed by atoms with Crippen molar-refractivity contribution in [1.29, 1.82) is 0 Å². The van der Waals surface area contributed by atoms with Crippen molar-refractivity contribution in [3.05, 3.63) is 16.1 Å². The van der Waals surface area contributed by atoms with Gasteiger partial charge in [-0.1, -0.05) is 0 Å². The van der Waals surface area contributed by atoms with Crippen molar-refractivity contribution in [3.63, 3.8) is 0 Å². The maximum atomic E-state index is 5.32. The van der Waals surface area contributed by atoms with Crippen LogP contribution in [0.25, 0.3) is 0 Å². The molecule has 1 aromatic rings. The van der Waals surface area contributed by atoms with E-state index in [0.717, 1.165) is 58.1 Å². The maximum absolute atomic E-state index is 5.32. The Bertz CT molecular complexity index is 412. The molecule has 0 saturated heterocycles. The monoisotopic (exact) mass is 440 g/mol. The standard InChI is InChI=1S/C15H28N4OS.HI/c1-4-16-15(17-9-6-7-11-20-5-2)18-10-8-14-19-12-13(3)21-14;/h12H,4-11H2,1-3H3,(H2,16,17,18);1H. The van der Waals surface area contributed by atoms with E-state index in [1.165, 1.54) is 9.88 Å². The van der Waals surface area contributed by atoms with Crippen LogP contribution in [0.1, 0.15) is 36.6 Å². The Hall–Kier alpha value is -0.410. The summed E-state index contributed by atoms with van der Waals surface area (Å²) >= 11 is 1.76. The Kier molecular flexibility index (Phi) is 13.9. The number of hydrogen-bond donors (Lipinski definition) is 2. The number of unbranched alkanes of at least 4 members (excludes halogenated alkanes) is 1. The Morgan fingerprint density at radius 1 is 1.32 bits per heavy atom. The van der Waals surface area contributed by atoms with Crippen molar-refractivity contribution in [2.45, 2.75) is 40.0 Å². The lowest BCUT2D eigenvalue weighted by Gasteiger charge is -2.10. The van der Waals surface area contributed by atoms with E-state index < -0.39 is 0 Å². The molecule has 0 bridgehead atoms. The van der Waals surface area contributed by atoms with Crippen LogP contribution in [-0.2, 0) is 11.2 Å². The first-order valence-electron chi connectivity index (χ1n) is 7.77. The van der Waals surface area contributed by atoms with Crippen molar-refractivity contribution in [2.75, 3.05) is 32.8 Å². The molecule has 5 nitrogen and oxygen atoms in total. The zero-order valence-corrected chi connectivity index (χ0v) is 17.0. The van der Waals surface area contributed by atoms with Gasteiger partial charge in [0.25, 0.3) is 0 Å². The summed E-state index contributed by atoms with van der Waals surface area (Å²) in [6, 6.07) is 0. The van der Waals surface area contributed by atoms with Crippen LogP contribution in [0.5, 0.6) is 0 Å². The predicted molar refractivity (Wildman–Crippen MR) is 106 cm³/mol. The average molecular weight is 440 g/mol. The minimum absolute atomic E-state index is 0. The number of aryl methyl sites for hydroxylation is 1. The number of ether oxygens (including phenoxy) is 1. The third-order valence-electron chi connectivity index (χ3n) is 2.82. The molecule has 0 atom stereocenters. The van der Waals surface area contributed by atoms with E-state index in [1.807, 2.05) is 13.1 Å². The van der Waals surface area contributed by atoms with Crippen LogP contribution >= 0.6 is 35.3 Å². The molecule has 7 heteroatoms. The van der Waals surface area contributed by atoms with E-state index in [1.54, 1.807) is 11.3 Å². The lowest BCUT2D eigenvalue weighted by molar-refractivity contribution is 0.144. The van der Waals surface area contributed by atoms with Gasteiger partial charge in [0.15, 0.2) is 5.96 Å². The molecule has 0 unspecified atom stereocenters. The highest BCUT2D eigenvalue weighted by molar-refractivity contribution is 14.0. The molecule has 0 aliphatic carbocycles. The Labute approximate surface area is 155 Å². The molecule has 0 aromatic carbocycles. The molecular formula is C15H29IN4OS. The van der Waals surface area contributed by atoms with Crippen molar-refractivity contribution in [3.8, 4) is 0 Å². The number of aromatic nitrogens is 1. The van der Waals surface area contributed by atoms with Crippen LogP contribution in [-0.4, -0.2) is 43.8 Å². The molecule has 1 rings (SSSR count). The number of rotatable bonds is 10. The summed E-state index contributed by atoms with van der Waals surface area (Å²) in [5.74, 6) is 0.891. The molecule has 0 radical (unpaired) electrons. The number of nitrogens with one attached hydrogen (secondary N) is 2. The molecular weight excluding hydrogens is 411 g/mol. The second-order valence-electron chi connectivity index (χ2n) is 4.71. The van der Waals surface area contributed by atoms with Gasteiger partial charge in [0.05, 0.1) is 5.01 Å². The number of thiazole rings is 1. The molecule has 1 aromatic heterocycles. The zero-order chi connectivity index (χ0) is 15.3. The number of hydrogen-bond acceptors (Lipinski definition) is 4. The molecule has 128 valence electrons. The Morgan fingerprint density at radius 2 is 2.14 bits per heavy atom. The van der Waals surface area contributed by atoms with Gasteiger partial charge in [0.2, 0.25) is 0 Å². The molecule has 2 N–H and O–H groups in total. The van der Waals surface area contributed by atoms with Gasteiger partial charge < -0.3 is 15.4 Å². The van der Waals surface area contributed by atoms with Crippen molar-refractivity contribution in [1.82, 2.24) is 15.6 Å². The van der Waals surface area contributed by atoms with E-state index in [0.29, 0.717) is 0 Å². The zero-order valence-electron chi connectivity index (χ0n) is 13.9. The largest absolute Gasteiger partial charge is 0.382 e.